The van der Waals surface area contributed by atoms with Crippen molar-refractivity contribution in [1.29, 1.82) is 0 Å². The maximum absolute atomic E-state index is 4.84. The van der Waals surface area contributed by atoms with Gasteiger partial charge in [-0.25, -0.2) is 0 Å². The second-order valence-electron chi connectivity index (χ2n) is 2.30. The summed E-state index contributed by atoms with van der Waals surface area (Å²) in [5, 5.41) is 3.20. The summed E-state index contributed by atoms with van der Waals surface area (Å²) >= 11 is 0. The van der Waals surface area contributed by atoms with Crippen molar-refractivity contribution in [1.82, 2.24) is 5.32 Å². The minimum Gasteiger partial charge on any atom is -0.383 e. The summed E-state index contributed by atoms with van der Waals surface area (Å²) in [7, 11) is 1.70. The van der Waals surface area contributed by atoms with Gasteiger partial charge in [-0.3, -0.25) is 0 Å². The number of hydrogen-bond acceptors (Lipinski definition) is 2. The smallest absolute Gasteiger partial charge is 0.383 e. The van der Waals surface area contributed by atoms with E-state index in [-0.39, 0.29) is 18.9 Å². The molecule has 0 aliphatic heterocycles. The van der Waals surface area contributed by atoms with Crippen molar-refractivity contribution < 1.29 is 23.6 Å². The van der Waals surface area contributed by atoms with Gasteiger partial charge in [0, 0.05) is 13.7 Å². The molecular formula is C7H16LiNO. The fourth-order valence-corrected chi connectivity index (χ4v) is 0.523. The predicted octanol–water partition coefficient (Wildman–Crippen LogP) is -2.30. The second kappa shape index (κ2) is 9.52. The first kappa shape index (κ1) is 13.1. The van der Waals surface area contributed by atoms with Crippen LogP contribution in [-0.2, 0) is 4.74 Å². The molecule has 1 N–H and O–H groups in total. The molecule has 3 heteroatoms. The molecule has 0 spiro atoms. The van der Waals surface area contributed by atoms with E-state index in [2.05, 4.69) is 19.2 Å². The van der Waals surface area contributed by atoms with Gasteiger partial charge in [0.2, 0.25) is 0 Å². The van der Waals surface area contributed by atoms with Crippen LogP contribution in [0.2, 0.25) is 0 Å². The number of hydrogen-bond donors (Lipinski definition) is 1. The molecule has 2 nitrogen and oxygen atoms in total. The summed E-state index contributed by atoms with van der Waals surface area (Å²) in [4.78, 5) is 0. The minimum atomic E-state index is 0. The Morgan fingerprint density at radius 2 is 2.20 bits per heavy atom. The fourth-order valence-electron chi connectivity index (χ4n) is 0.523. The monoisotopic (exact) mass is 137 g/mol. The average molecular weight is 137 g/mol. The Bertz CT molecular complexity index is 59.6. The van der Waals surface area contributed by atoms with Gasteiger partial charge in [-0.05, 0) is 6.54 Å². The van der Waals surface area contributed by atoms with Crippen molar-refractivity contribution >= 4 is 0 Å². The van der Waals surface area contributed by atoms with E-state index in [1.807, 2.05) is 0 Å². The van der Waals surface area contributed by atoms with E-state index in [0.717, 1.165) is 19.7 Å². The van der Waals surface area contributed by atoms with E-state index in [4.69, 9.17) is 4.74 Å². The Kier molecular flexibility index (Phi) is 12.5. The van der Waals surface area contributed by atoms with E-state index in [9.17, 15) is 0 Å². The SMILES string of the molecule is [CH2-]C(C)CNCCOC.[Li+]. The van der Waals surface area contributed by atoms with E-state index < -0.39 is 0 Å². The van der Waals surface area contributed by atoms with Crippen LogP contribution in [0.5, 0.6) is 0 Å². The van der Waals surface area contributed by atoms with Crippen molar-refractivity contribution in [3.05, 3.63) is 6.92 Å². The Hall–Kier alpha value is 0.517. The summed E-state index contributed by atoms with van der Waals surface area (Å²) in [5.41, 5.74) is 0. The molecule has 0 aromatic heterocycles. The topological polar surface area (TPSA) is 21.3 Å². The van der Waals surface area contributed by atoms with Crippen molar-refractivity contribution in [3.63, 3.8) is 0 Å². The molecule has 1 atom stereocenters. The third kappa shape index (κ3) is 11.3. The molecule has 0 radical (unpaired) electrons. The first-order chi connectivity index (χ1) is 4.27. The molecule has 0 heterocycles. The summed E-state index contributed by atoms with van der Waals surface area (Å²) in [6, 6.07) is 0. The molecule has 0 saturated heterocycles. The maximum atomic E-state index is 4.84. The molecule has 1 unspecified atom stereocenters. The molecule has 0 rings (SSSR count). The van der Waals surface area contributed by atoms with Gasteiger partial charge in [0.1, 0.15) is 0 Å². The van der Waals surface area contributed by atoms with Gasteiger partial charge in [-0.1, -0.05) is 6.92 Å². The molecule has 0 aromatic carbocycles. The van der Waals surface area contributed by atoms with Crippen molar-refractivity contribution in [2.75, 3.05) is 26.8 Å². The van der Waals surface area contributed by atoms with E-state index in [0.29, 0.717) is 5.92 Å². The van der Waals surface area contributed by atoms with Crippen LogP contribution in [0.4, 0.5) is 0 Å². The maximum Gasteiger partial charge on any atom is 1.00 e. The number of nitrogens with one attached hydrogen (secondary N) is 1. The normalized spacial score (nSPS) is 12.3. The van der Waals surface area contributed by atoms with E-state index in [1.165, 1.54) is 0 Å². The van der Waals surface area contributed by atoms with Gasteiger partial charge >= 0.3 is 18.9 Å². The minimum absolute atomic E-state index is 0. The number of methoxy groups -OCH3 is 1. The zero-order valence-corrected chi connectivity index (χ0v) is 7.31. The van der Waals surface area contributed by atoms with Gasteiger partial charge in [-0.2, -0.15) is 5.92 Å². The van der Waals surface area contributed by atoms with E-state index >= 15 is 0 Å². The Labute approximate surface area is 75.9 Å². The Balaban J connectivity index is 0. The summed E-state index contributed by atoms with van der Waals surface area (Å²) in [6.07, 6.45) is 0. The molecule has 0 saturated carbocycles. The Morgan fingerprint density at radius 3 is 2.60 bits per heavy atom. The van der Waals surface area contributed by atoms with Crippen LogP contribution in [0.15, 0.2) is 0 Å². The van der Waals surface area contributed by atoms with Crippen molar-refractivity contribution in [3.8, 4) is 0 Å². The summed E-state index contributed by atoms with van der Waals surface area (Å²) < 4.78 is 4.84. The third-order valence-corrected chi connectivity index (χ3v) is 0.976. The Morgan fingerprint density at radius 1 is 1.60 bits per heavy atom. The molecule has 0 amide bonds. The second-order valence-corrected chi connectivity index (χ2v) is 2.30. The van der Waals surface area contributed by atoms with Crippen LogP contribution in [-0.4, -0.2) is 26.8 Å². The number of ether oxygens (including phenoxy) is 1. The zero-order chi connectivity index (χ0) is 7.11. The summed E-state index contributed by atoms with van der Waals surface area (Å²) in [6.45, 7) is 8.60. The fraction of sp³-hybridized carbons (Fsp3) is 0.857. The quantitative estimate of drug-likeness (QED) is 0.261. The van der Waals surface area contributed by atoms with Gasteiger partial charge < -0.3 is 17.0 Å². The van der Waals surface area contributed by atoms with Crippen LogP contribution in [0.3, 0.4) is 0 Å². The molecule has 0 aromatic rings. The number of rotatable bonds is 5. The van der Waals surface area contributed by atoms with Crippen LogP contribution in [0.1, 0.15) is 6.92 Å². The first-order valence-electron chi connectivity index (χ1n) is 3.30. The average Bonchev–Trinajstić information content (AvgIpc) is 1.80. The summed E-state index contributed by atoms with van der Waals surface area (Å²) in [5.74, 6) is 0.488. The van der Waals surface area contributed by atoms with Crippen LogP contribution < -0.4 is 24.2 Å². The molecule has 0 aliphatic rings. The van der Waals surface area contributed by atoms with Gasteiger partial charge in [-0.15, -0.1) is 0 Å². The third-order valence-electron chi connectivity index (χ3n) is 0.976. The van der Waals surface area contributed by atoms with Gasteiger partial charge in [0.15, 0.2) is 0 Å². The van der Waals surface area contributed by atoms with E-state index in [1.54, 1.807) is 7.11 Å². The standard InChI is InChI=1S/C7H16NO.Li/c1-7(2)6-8-4-5-9-3;/h7-8H,1,4-6H2,2-3H3;/q-1;+1. The molecule has 0 aliphatic carbocycles. The molecule has 0 bridgehead atoms. The van der Waals surface area contributed by atoms with Crippen molar-refractivity contribution in [2.45, 2.75) is 6.92 Å². The molecule has 0 fully saturated rings. The molecule has 56 valence electrons. The zero-order valence-electron chi connectivity index (χ0n) is 7.31. The van der Waals surface area contributed by atoms with Crippen LogP contribution in [0.25, 0.3) is 0 Å². The molecular weight excluding hydrogens is 121 g/mol. The van der Waals surface area contributed by atoms with Crippen LogP contribution >= 0.6 is 0 Å². The van der Waals surface area contributed by atoms with Crippen molar-refractivity contribution in [2.24, 2.45) is 5.92 Å². The van der Waals surface area contributed by atoms with Gasteiger partial charge in [0.05, 0.1) is 6.61 Å². The first-order valence-corrected chi connectivity index (χ1v) is 3.30. The van der Waals surface area contributed by atoms with Gasteiger partial charge in [0.25, 0.3) is 0 Å². The largest absolute Gasteiger partial charge is 1.00 e. The van der Waals surface area contributed by atoms with Crippen LogP contribution in [0, 0.1) is 12.8 Å². The predicted molar refractivity (Wildman–Crippen MR) is 39.3 cm³/mol. The molecule has 10 heavy (non-hydrogen) atoms.